The highest BCUT2D eigenvalue weighted by Gasteiger charge is 2.36. The van der Waals surface area contributed by atoms with Crippen LogP contribution in [0.15, 0.2) is 47.6 Å². The number of pyridine rings is 1. The molecule has 1 heterocycles. The standard InChI is InChI=1S/C19H19F2N3O4S/c1-10-3-2-4-13(16(10)12-5-6-14(20)17(21)18(12)25)19(26)24-11-7-8-23-15(9-11)29(22,27)28/h5-9,13,16,25H,1-4H2,(H2,22,27,28)(H,23,24,26)/t13-,16?/m0/s1. The molecule has 1 amide bonds. The third-order valence-corrected chi connectivity index (χ3v) is 5.73. The molecule has 3 rings (SSSR count). The van der Waals surface area contributed by atoms with E-state index in [0.29, 0.717) is 24.8 Å². The van der Waals surface area contributed by atoms with Gasteiger partial charge in [-0.2, -0.15) is 4.39 Å². The number of phenols is 1. The molecule has 0 radical (unpaired) electrons. The van der Waals surface area contributed by atoms with Crippen molar-refractivity contribution in [2.75, 3.05) is 5.32 Å². The predicted molar refractivity (Wildman–Crippen MR) is 101 cm³/mol. The zero-order chi connectivity index (χ0) is 21.3. The number of amides is 1. The van der Waals surface area contributed by atoms with E-state index in [1.165, 1.54) is 18.3 Å². The molecule has 1 aromatic heterocycles. The van der Waals surface area contributed by atoms with Crippen molar-refractivity contribution in [2.24, 2.45) is 11.1 Å². The molecule has 10 heteroatoms. The second-order valence-electron chi connectivity index (χ2n) is 6.85. The van der Waals surface area contributed by atoms with E-state index >= 15 is 0 Å². The Hall–Kier alpha value is -2.85. The Kier molecular flexibility index (Phi) is 5.67. The normalized spacial score (nSPS) is 19.8. The van der Waals surface area contributed by atoms with Gasteiger partial charge in [0.15, 0.2) is 16.6 Å². The number of nitrogens with two attached hydrogens (primary N) is 1. The number of sulfonamides is 1. The van der Waals surface area contributed by atoms with Crippen molar-refractivity contribution in [1.82, 2.24) is 4.98 Å². The van der Waals surface area contributed by atoms with E-state index in [-0.39, 0.29) is 11.3 Å². The molecule has 0 bridgehead atoms. The van der Waals surface area contributed by atoms with Crippen LogP contribution in [0.3, 0.4) is 0 Å². The number of phenolic OH excluding ortho intramolecular Hbond substituents is 1. The number of aromatic nitrogens is 1. The Morgan fingerprint density at radius 3 is 2.72 bits per heavy atom. The third kappa shape index (κ3) is 4.28. The van der Waals surface area contributed by atoms with E-state index in [1.54, 1.807) is 0 Å². The number of hydrogen-bond acceptors (Lipinski definition) is 5. The van der Waals surface area contributed by atoms with Gasteiger partial charge in [-0.05, 0) is 31.4 Å². The van der Waals surface area contributed by atoms with E-state index < -0.39 is 50.2 Å². The largest absolute Gasteiger partial charge is 0.505 e. The molecule has 1 aliphatic rings. The highest BCUT2D eigenvalue weighted by molar-refractivity contribution is 7.89. The summed E-state index contributed by atoms with van der Waals surface area (Å²) in [5, 5.41) is 17.3. The number of carbonyl (C=O) groups excluding carboxylic acids is 1. The molecule has 2 atom stereocenters. The molecule has 7 nitrogen and oxygen atoms in total. The van der Waals surface area contributed by atoms with Gasteiger partial charge in [0, 0.05) is 35.3 Å². The van der Waals surface area contributed by atoms with Crippen molar-refractivity contribution in [2.45, 2.75) is 30.2 Å². The number of aromatic hydroxyl groups is 1. The monoisotopic (exact) mass is 423 g/mol. The fourth-order valence-electron chi connectivity index (χ4n) is 3.56. The quantitative estimate of drug-likeness (QED) is 0.653. The van der Waals surface area contributed by atoms with Crippen molar-refractivity contribution < 1.29 is 27.1 Å². The van der Waals surface area contributed by atoms with E-state index in [9.17, 15) is 27.1 Å². The number of halogens is 2. The molecular formula is C19H19F2N3O4S. The summed E-state index contributed by atoms with van der Waals surface area (Å²) >= 11 is 0. The van der Waals surface area contributed by atoms with Gasteiger partial charge in [0.25, 0.3) is 10.0 Å². The lowest BCUT2D eigenvalue weighted by molar-refractivity contribution is -0.120. The van der Waals surface area contributed by atoms with Crippen molar-refractivity contribution in [3.63, 3.8) is 0 Å². The highest BCUT2D eigenvalue weighted by Crippen LogP contribution is 2.45. The molecule has 29 heavy (non-hydrogen) atoms. The highest BCUT2D eigenvalue weighted by atomic mass is 32.2. The smallest absolute Gasteiger partial charge is 0.255 e. The van der Waals surface area contributed by atoms with Gasteiger partial charge in [-0.15, -0.1) is 0 Å². The molecular weight excluding hydrogens is 404 g/mol. The summed E-state index contributed by atoms with van der Waals surface area (Å²) in [5.41, 5.74) is 0.852. The van der Waals surface area contributed by atoms with E-state index in [0.717, 1.165) is 12.1 Å². The summed E-state index contributed by atoms with van der Waals surface area (Å²) in [5.74, 6) is -5.35. The number of nitrogens with zero attached hydrogens (tertiary/aromatic N) is 1. The first-order chi connectivity index (χ1) is 13.6. The first kappa shape index (κ1) is 20.9. The van der Waals surface area contributed by atoms with Gasteiger partial charge in [-0.3, -0.25) is 4.79 Å². The molecule has 0 saturated heterocycles. The second-order valence-corrected chi connectivity index (χ2v) is 8.36. The first-order valence-corrected chi connectivity index (χ1v) is 10.3. The molecule has 0 aliphatic heterocycles. The number of hydrogen-bond donors (Lipinski definition) is 3. The Balaban J connectivity index is 1.93. The first-order valence-electron chi connectivity index (χ1n) is 8.74. The Bertz CT molecular complexity index is 1090. The molecule has 1 fully saturated rings. The second kappa shape index (κ2) is 7.88. The van der Waals surface area contributed by atoms with Crippen LogP contribution in [0.5, 0.6) is 5.75 Å². The minimum atomic E-state index is -4.05. The average molecular weight is 423 g/mol. The molecule has 4 N–H and O–H groups in total. The van der Waals surface area contributed by atoms with Crippen LogP contribution in [0.1, 0.15) is 30.7 Å². The summed E-state index contributed by atoms with van der Waals surface area (Å²) in [7, 11) is -4.05. The summed E-state index contributed by atoms with van der Waals surface area (Å²) in [6.07, 6.45) is 2.82. The number of carbonyl (C=O) groups is 1. The zero-order valence-electron chi connectivity index (χ0n) is 15.2. The summed E-state index contributed by atoms with van der Waals surface area (Å²) in [6.45, 7) is 3.94. The molecule has 2 aromatic rings. The van der Waals surface area contributed by atoms with E-state index in [1.807, 2.05) is 0 Å². The lowest BCUT2D eigenvalue weighted by atomic mass is 9.72. The van der Waals surface area contributed by atoms with Gasteiger partial charge in [0.05, 0.1) is 0 Å². The third-order valence-electron chi connectivity index (χ3n) is 4.92. The van der Waals surface area contributed by atoms with E-state index in [2.05, 4.69) is 16.9 Å². The fourth-order valence-corrected chi connectivity index (χ4v) is 4.06. The number of rotatable bonds is 4. The number of anilines is 1. The van der Waals surface area contributed by atoms with E-state index in [4.69, 9.17) is 5.14 Å². The van der Waals surface area contributed by atoms with Crippen molar-refractivity contribution in [3.8, 4) is 5.75 Å². The maximum absolute atomic E-state index is 13.9. The van der Waals surface area contributed by atoms with Gasteiger partial charge in [0.1, 0.15) is 0 Å². The summed E-state index contributed by atoms with van der Waals surface area (Å²) in [4.78, 5) is 16.6. The van der Waals surface area contributed by atoms with Crippen molar-refractivity contribution >= 4 is 21.6 Å². The van der Waals surface area contributed by atoms with Gasteiger partial charge in [0.2, 0.25) is 11.7 Å². The van der Waals surface area contributed by atoms with Crippen LogP contribution >= 0.6 is 0 Å². The fraction of sp³-hybridized carbons (Fsp3) is 0.263. The predicted octanol–water partition coefficient (Wildman–Crippen LogP) is 2.79. The SMILES string of the molecule is C=C1CCC[C@H](C(=O)Nc2ccnc(S(N)(=O)=O)c2)C1c1ccc(F)c(F)c1O. The molecule has 154 valence electrons. The lowest BCUT2D eigenvalue weighted by Gasteiger charge is -2.33. The molecule has 1 aliphatic carbocycles. The van der Waals surface area contributed by atoms with Gasteiger partial charge in [-0.25, -0.2) is 22.9 Å². The number of primary sulfonamides is 1. The molecule has 1 unspecified atom stereocenters. The molecule has 0 spiro atoms. The lowest BCUT2D eigenvalue weighted by Crippen LogP contribution is -2.32. The van der Waals surface area contributed by atoms with Crippen LogP contribution in [-0.2, 0) is 14.8 Å². The Labute approximate surface area is 166 Å². The summed E-state index contributed by atoms with van der Waals surface area (Å²) in [6, 6.07) is 4.65. The van der Waals surface area contributed by atoms with Crippen molar-refractivity contribution in [3.05, 3.63) is 59.8 Å². The van der Waals surface area contributed by atoms with Crippen LogP contribution in [-0.4, -0.2) is 24.4 Å². The molecule has 1 saturated carbocycles. The van der Waals surface area contributed by atoms with Crippen LogP contribution in [0.4, 0.5) is 14.5 Å². The minimum absolute atomic E-state index is 0.0775. The van der Waals surface area contributed by atoms with Crippen LogP contribution < -0.4 is 10.5 Å². The van der Waals surface area contributed by atoms with Crippen LogP contribution in [0, 0.1) is 17.6 Å². The topological polar surface area (TPSA) is 122 Å². The number of nitrogens with one attached hydrogen (secondary N) is 1. The van der Waals surface area contributed by atoms with Gasteiger partial charge >= 0.3 is 0 Å². The van der Waals surface area contributed by atoms with Gasteiger partial charge in [-0.1, -0.05) is 18.2 Å². The maximum Gasteiger partial charge on any atom is 0.255 e. The van der Waals surface area contributed by atoms with Crippen molar-refractivity contribution in [1.29, 1.82) is 0 Å². The number of benzene rings is 1. The summed E-state index contributed by atoms with van der Waals surface area (Å²) < 4.78 is 50.2. The van der Waals surface area contributed by atoms with Gasteiger partial charge < -0.3 is 10.4 Å². The Morgan fingerprint density at radius 2 is 2.03 bits per heavy atom. The Morgan fingerprint density at radius 1 is 1.31 bits per heavy atom. The molecule has 1 aromatic carbocycles. The maximum atomic E-state index is 13.9. The zero-order valence-corrected chi connectivity index (χ0v) is 16.0. The van der Waals surface area contributed by atoms with Crippen LogP contribution in [0.2, 0.25) is 0 Å². The average Bonchev–Trinajstić information content (AvgIpc) is 2.66. The minimum Gasteiger partial charge on any atom is -0.505 e. The van der Waals surface area contributed by atoms with Crippen LogP contribution in [0.25, 0.3) is 0 Å². The number of allylic oxidation sites excluding steroid dienone is 1.